The second-order valence-electron chi connectivity index (χ2n) is 7.78. The van der Waals surface area contributed by atoms with Gasteiger partial charge in [-0.3, -0.25) is 4.79 Å². The topological polar surface area (TPSA) is 85.3 Å². The number of hydrogen-bond donors (Lipinski definition) is 0. The number of anilines is 1. The lowest BCUT2D eigenvalue weighted by Crippen LogP contribution is -2.38. The van der Waals surface area contributed by atoms with Gasteiger partial charge in [0.25, 0.3) is 5.91 Å². The second kappa shape index (κ2) is 8.18. The minimum absolute atomic E-state index is 0.0323. The van der Waals surface area contributed by atoms with Gasteiger partial charge in [-0.1, -0.05) is 31.0 Å². The number of nitrogens with zero attached hydrogens (tertiary/aromatic N) is 2. The summed E-state index contributed by atoms with van der Waals surface area (Å²) >= 11 is 1.39. The molecule has 1 aliphatic carbocycles. The summed E-state index contributed by atoms with van der Waals surface area (Å²) in [7, 11) is 0.0204. The fourth-order valence-electron chi connectivity index (χ4n) is 4.37. The summed E-state index contributed by atoms with van der Waals surface area (Å²) in [5.74, 6) is 1.24. The van der Waals surface area contributed by atoms with Crippen LogP contribution in [0.5, 0.6) is 11.5 Å². The highest BCUT2D eigenvalue weighted by Crippen LogP contribution is 2.45. The summed E-state index contributed by atoms with van der Waals surface area (Å²) < 4.78 is 35.4. The van der Waals surface area contributed by atoms with Crippen LogP contribution in [0.25, 0.3) is 0 Å². The molecule has 1 aromatic carbocycles. The number of carbonyl (C=O) groups is 1. The van der Waals surface area contributed by atoms with Gasteiger partial charge in [-0.15, -0.1) is 0 Å². The zero-order valence-electron chi connectivity index (χ0n) is 16.7. The van der Waals surface area contributed by atoms with E-state index in [0.29, 0.717) is 22.4 Å². The number of amidine groups is 1. The number of benzene rings is 1. The Bertz CT molecular complexity index is 925. The van der Waals surface area contributed by atoms with Crippen molar-refractivity contribution in [2.45, 2.75) is 43.4 Å². The van der Waals surface area contributed by atoms with E-state index in [1.54, 1.807) is 26.4 Å². The predicted octanol–water partition coefficient (Wildman–Crippen LogP) is 2.89. The van der Waals surface area contributed by atoms with Gasteiger partial charge >= 0.3 is 0 Å². The van der Waals surface area contributed by atoms with Crippen molar-refractivity contribution in [3.05, 3.63) is 18.2 Å². The lowest BCUT2D eigenvalue weighted by molar-refractivity contribution is -0.122. The Morgan fingerprint density at radius 3 is 2.59 bits per heavy atom. The number of amides is 1. The summed E-state index contributed by atoms with van der Waals surface area (Å²) in [6.45, 7) is 0. The molecule has 2 atom stereocenters. The Labute approximate surface area is 175 Å². The van der Waals surface area contributed by atoms with Crippen LogP contribution < -0.4 is 14.4 Å². The van der Waals surface area contributed by atoms with Crippen LogP contribution in [0.1, 0.15) is 32.1 Å². The predicted molar refractivity (Wildman–Crippen MR) is 115 cm³/mol. The average molecular weight is 439 g/mol. The molecule has 9 heteroatoms. The molecule has 0 bridgehead atoms. The number of thioether (sulfide) groups is 1. The smallest absolute Gasteiger partial charge is 0.251 e. The van der Waals surface area contributed by atoms with Crippen molar-refractivity contribution < 1.29 is 22.7 Å². The third-order valence-corrected chi connectivity index (χ3v) is 9.08. The van der Waals surface area contributed by atoms with E-state index >= 15 is 0 Å². The van der Waals surface area contributed by atoms with Gasteiger partial charge in [-0.2, -0.15) is 4.99 Å². The molecule has 1 saturated carbocycles. The third-order valence-electron chi connectivity index (χ3n) is 5.87. The summed E-state index contributed by atoms with van der Waals surface area (Å²) in [5, 5.41) is 0.422. The highest BCUT2D eigenvalue weighted by atomic mass is 32.2. The van der Waals surface area contributed by atoms with Crippen molar-refractivity contribution in [1.29, 1.82) is 0 Å². The quantitative estimate of drug-likeness (QED) is 0.714. The Morgan fingerprint density at radius 1 is 1.14 bits per heavy atom. The molecule has 0 radical (unpaired) electrons. The van der Waals surface area contributed by atoms with E-state index in [0.717, 1.165) is 25.7 Å². The molecule has 0 aromatic heterocycles. The van der Waals surface area contributed by atoms with E-state index in [2.05, 4.69) is 4.99 Å². The van der Waals surface area contributed by atoms with Crippen molar-refractivity contribution in [3.63, 3.8) is 0 Å². The molecule has 2 heterocycles. The number of hydrogen-bond acceptors (Lipinski definition) is 6. The highest BCUT2D eigenvalue weighted by Gasteiger charge is 2.50. The van der Waals surface area contributed by atoms with Gasteiger partial charge in [-0.05, 0) is 25.0 Å². The summed E-state index contributed by atoms with van der Waals surface area (Å²) in [6, 6.07) is 5.12. The van der Waals surface area contributed by atoms with Crippen LogP contribution in [0, 0.1) is 5.92 Å². The van der Waals surface area contributed by atoms with Crippen LogP contribution in [-0.2, 0) is 14.6 Å². The van der Waals surface area contributed by atoms with Gasteiger partial charge < -0.3 is 14.4 Å². The van der Waals surface area contributed by atoms with Crippen molar-refractivity contribution in [3.8, 4) is 11.5 Å². The normalized spacial score (nSPS) is 27.8. The molecule has 2 saturated heterocycles. The largest absolute Gasteiger partial charge is 0.497 e. The van der Waals surface area contributed by atoms with E-state index in [4.69, 9.17) is 9.47 Å². The van der Waals surface area contributed by atoms with Crippen LogP contribution in [0.4, 0.5) is 5.69 Å². The number of ether oxygens (including phenoxy) is 2. The molecule has 0 N–H and O–H groups in total. The van der Waals surface area contributed by atoms with E-state index in [-0.39, 0.29) is 34.6 Å². The molecule has 29 heavy (non-hydrogen) atoms. The first kappa shape index (κ1) is 20.5. The van der Waals surface area contributed by atoms with Gasteiger partial charge in [0, 0.05) is 17.2 Å². The van der Waals surface area contributed by atoms with Crippen molar-refractivity contribution in [1.82, 2.24) is 0 Å². The molecule has 1 aromatic rings. The third kappa shape index (κ3) is 4.12. The van der Waals surface area contributed by atoms with E-state index < -0.39 is 9.84 Å². The van der Waals surface area contributed by atoms with Crippen LogP contribution in [0.2, 0.25) is 0 Å². The summed E-state index contributed by atoms with van der Waals surface area (Å²) in [4.78, 5) is 19.2. The first-order chi connectivity index (χ1) is 13.9. The van der Waals surface area contributed by atoms with Gasteiger partial charge in [0.2, 0.25) is 0 Å². The zero-order valence-corrected chi connectivity index (χ0v) is 18.3. The van der Waals surface area contributed by atoms with Crippen molar-refractivity contribution in [2.24, 2.45) is 10.9 Å². The maximum atomic E-state index is 12.9. The number of methoxy groups -OCH3 is 2. The van der Waals surface area contributed by atoms with E-state index in [9.17, 15) is 13.2 Å². The molecular formula is C20H26N2O5S2. The lowest BCUT2D eigenvalue weighted by Gasteiger charge is -2.27. The summed E-state index contributed by atoms with van der Waals surface area (Å²) in [6.07, 6.45) is 5.05. The second-order valence-corrected chi connectivity index (χ2v) is 11.1. The molecule has 3 aliphatic rings. The minimum Gasteiger partial charge on any atom is -0.497 e. The molecule has 2 aliphatic heterocycles. The monoisotopic (exact) mass is 438 g/mol. The zero-order chi connectivity index (χ0) is 20.6. The molecule has 7 nitrogen and oxygen atoms in total. The van der Waals surface area contributed by atoms with Gasteiger partial charge in [-0.25, -0.2) is 8.42 Å². The number of aliphatic imine (C=N–C) groups is 1. The van der Waals surface area contributed by atoms with Gasteiger partial charge in [0.05, 0.1) is 37.5 Å². The number of rotatable bonds is 4. The van der Waals surface area contributed by atoms with Crippen molar-refractivity contribution in [2.75, 3.05) is 30.6 Å². The van der Waals surface area contributed by atoms with E-state index in [1.165, 1.54) is 18.2 Å². The molecule has 3 fully saturated rings. The number of fused-ring (bicyclic) bond motifs is 1. The molecule has 1 amide bonds. The Morgan fingerprint density at radius 2 is 1.90 bits per heavy atom. The minimum atomic E-state index is -3.13. The lowest BCUT2D eigenvalue weighted by atomic mass is 9.89. The molecule has 0 spiro atoms. The average Bonchev–Trinajstić information content (AvgIpc) is 3.18. The molecular weight excluding hydrogens is 412 g/mol. The Balaban J connectivity index is 1.73. The van der Waals surface area contributed by atoms with Crippen LogP contribution in [0.15, 0.2) is 23.2 Å². The fourth-order valence-corrected chi connectivity index (χ4v) is 8.28. The fraction of sp³-hybridized carbons (Fsp3) is 0.600. The maximum Gasteiger partial charge on any atom is 0.251 e. The van der Waals surface area contributed by atoms with Crippen LogP contribution in [-0.4, -0.2) is 56.5 Å². The first-order valence-electron chi connectivity index (χ1n) is 9.93. The van der Waals surface area contributed by atoms with Crippen molar-refractivity contribution >= 4 is 38.4 Å². The van der Waals surface area contributed by atoms with Gasteiger partial charge in [0.1, 0.15) is 11.5 Å². The number of carbonyl (C=O) groups excluding carboxylic acids is 1. The SMILES string of the molecule is COc1ccc(OC)c(N2C(=NC(=O)C3CCCCC3)S[C@H]3CS(=O)(=O)C[C@@H]32)c1. The van der Waals surface area contributed by atoms with Gasteiger partial charge in [0.15, 0.2) is 15.0 Å². The Kier molecular flexibility index (Phi) is 5.79. The molecule has 4 rings (SSSR count). The standard InChI is InChI=1S/C20H26N2O5S2/c1-26-14-8-9-17(27-2)15(10-14)22-16-11-29(24,25)12-18(16)28-20(22)21-19(23)13-6-4-3-5-7-13/h8-10,13,16,18H,3-7,11-12H2,1-2H3/t16-,18-/m0/s1. The molecule has 0 unspecified atom stereocenters. The van der Waals surface area contributed by atoms with Crippen LogP contribution in [0.3, 0.4) is 0 Å². The molecule has 158 valence electrons. The highest BCUT2D eigenvalue weighted by molar-refractivity contribution is 8.16. The van der Waals surface area contributed by atoms with E-state index in [1.807, 2.05) is 11.0 Å². The number of sulfone groups is 1. The maximum absolute atomic E-state index is 12.9. The Hall–Kier alpha value is -1.74. The van der Waals surface area contributed by atoms with Crippen LogP contribution >= 0.6 is 11.8 Å². The first-order valence-corrected chi connectivity index (χ1v) is 12.6. The summed E-state index contributed by atoms with van der Waals surface area (Å²) in [5.41, 5.74) is 0.680.